The topological polar surface area (TPSA) is 102 Å². The number of urea groups is 1. The zero-order chi connectivity index (χ0) is 22.0. The van der Waals surface area contributed by atoms with Crippen LogP contribution in [0.4, 0.5) is 20.1 Å². The Morgan fingerprint density at radius 1 is 1.29 bits per heavy atom. The fraction of sp³-hybridized carbons (Fsp3) is 0.350. The van der Waals surface area contributed by atoms with Crippen LogP contribution in [0.25, 0.3) is 10.2 Å². The molecule has 1 aliphatic heterocycles. The Morgan fingerprint density at radius 2 is 2.06 bits per heavy atom. The molecule has 0 spiro atoms. The van der Waals surface area contributed by atoms with E-state index in [1.807, 2.05) is 0 Å². The van der Waals surface area contributed by atoms with E-state index in [9.17, 15) is 14.3 Å². The molecule has 11 heteroatoms. The fourth-order valence-electron chi connectivity index (χ4n) is 3.40. The van der Waals surface area contributed by atoms with Gasteiger partial charge in [-0.15, -0.1) is 0 Å². The van der Waals surface area contributed by atoms with Crippen LogP contribution in [-0.2, 0) is 6.42 Å². The summed E-state index contributed by atoms with van der Waals surface area (Å²) >= 11 is 7.35. The van der Waals surface area contributed by atoms with Crippen molar-refractivity contribution in [3.8, 4) is 0 Å². The number of piperazine rings is 1. The molecule has 0 saturated carbocycles. The minimum Gasteiger partial charge on any atom is -0.394 e. The zero-order valence-electron chi connectivity index (χ0n) is 16.5. The van der Waals surface area contributed by atoms with E-state index in [1.165, 1.54) is 23.6 Å². The summed E-state index contributed by atoms with van der Waals surface area (Å²) in [7, 11) is 0. The molecule has 0 bridgehead atoms. The van der Waals surface area contributed by atoms with Crippen LogP contribution >= 0.6 is 22.9 Å². The largest absolute Gasteiger partial charge is 0.394 e. The average molecular weight is 466 g/mol. The molecule has 0 unspecified atom stereocenters. The second kappa shape index (κ2) is 9.31. The van der Waals surface area contributed by atoms with E-state index in [2.05, 4.69) is 15.3 Å². The molecule has 0 aliphatic carbocycles. The lowest BCUT2D eigenvalue weighted by Crippen LogP contribution is -2.50. The third kappa shape index (κ3) is 5.04. The van der Waals surface area contributed by atoms with Gasteiger partial charge in [0.1, 0.15) is 0 Å². The lowest BCUT2D eigenvalue weighted by Gasteiger charge is -2.35. The molecule has 3 heterocycles. The van der Waals surface area contributed by atoms with Crippen molar-refractivity contribution in [1.29, 1.82) is 0 Å². The molecule has 1 aliphatic rings. The Balaban J connectivity index is 1.35. The molecule has 3 aromatic rings. The summed E-state index contributed by atoms with van der Waals surface area (Å²) in [6, 6.07) is 6.43. The molecule has 1 atom stereocenters. The fourth-order valence-corrected chi connectivity index (χ4v) is 4.53. The van der Waals surface area contributed by atoms with Crippen molar-refractivity contribution >= 4 is 50.1 Å². The summed E-state index contributed by atoms with van der Waals surface area (Å²) in [4.78, 5) is 24.6. The van der Waals surface area contributed by atoms with Crippen molar-refractivity contribution in [3.05, 3.63) is 46.9 Å². The number of aromatic nitrogens is 2. The smallest absolute Gasteiger partial charge is 0.323 e. The number of aliphatic hydroxyl groups excluding tert-OH is 2. The van der Waals surface area contributed by atoms with Crippen molar-refractivity contribution in [2.75, 3.05) is 43.0 Å². The maximum Gasteiger partial charge on any atom is 0.323 e. The Morgan fingerprint density at radius 3 is 2.77 bits per heavy atom. The van der Waals surface area contributed by atoms with Crippen molar-refractivity contribution in [2.24, 2.45) is 0 Å². The Bertz CT molecular complexity index is 1090. The van der Waals surface area contributed by atoms with Crippen LogP contribution in [0.2, 0.25) is 5.02 Å². The zero-order valence-corrected chi connectivity index (χ0v) is 18.0. The first-order valence-electron chi connectivity index (χ1n) is 9.73. The molecule has 8 nitrogen and oxygen atoms in total. The molecule has 0 radical (unpaired) electrons. The van der Waals surface area contributed by atoms with Crippen LogP contribution < -0.4 is 10.2 Å². The number of carbonyl (C=O) groups is 1. The van der Waals surface area contributed by atoms with Crippen LogP contribution in [0, 0.1) is 5.82 Å². The summed E-state index contributed by atoms with van der Waals surface area (Å²) < 4.78 is 15.4. The predicted molar refractivity (Wildman–Crippen MR) is 118 cm³/mol. The van der Waals surface area contributed by atoms with Crippen molar-refractivity contribution < 1.29 is 19.4 Å². The van der Waals surface area contributed by atoms with Crippen molar-refractivity contribution in [3.63, 3.8) is 0 Å². The highest BCUT2D eigenvalue weighted by Gasteiger charge is 2.24. The number of pyridine rings is 1. The van der Waals surface area contributed by atoms with E-state index >= 15 is 0 Å². The van der Waals surface area contributed by atoms with E-state index in [0.29, 0.717) is 41.9 Å². The second-order valence-electron chi connectivity index (χ2n) is 7.22. The number of carbonyl (C=O) groups excluding carboxylic acids is 1. The first-order valence-corrected chi connectivity index (χ1v) is 10.9. The number of hydrogen-bond acceptors (Lipinski definition) is 7. The monoisotopic (exact) mass is 465 g/mol. The molecule has 2 aromatic heterocycles. The lowest BCUT2D eigenvalue weighted by atomic mass is 10.1. The van der Waals surface area contributed by atoms with Gasteiger partial charge in [-0.1, -0.05) is 22.9 Å². The quantitative estimate of drug-likeness (QED) is 0.535. The second-order valence-corrected chi connectivity index (χ2v) is 8.69. The maximum absolute atomic E-state index is 14.5. The van der Waals surface area contributed by atoms with E-state index in [4.69, 9.17) is 16.7 Å². The van der Waals surface area contributed by atoms with Gasteiger partial charge in [-0.3, -0.25) is 5.32 Å². The number of rotatable bonds is 5. The molecule has 31 heavy (non-hydrogen) atoms. The summed E-state index contributed by atoms with van der Waals surface area (Å²) in [6.45, 7) is 1.30. The van der Waals surface area contributed by atoms with Gasteiger partial charge in [0.2, 0.25) is 0 Å². The minimum atomic E-state index is -0.943. The standard InChI is InChI=1S/C20H21ClFN5O3S/c21-13-1-2-16-17(9-13)31-19(24-16)25-20(30)27-5-3-26(4-6-27)18-15(22)8-12(10-23-18)7-14(29)11-28/h1-2,8-10,14,28-29H,3-7,11H2,(H,24,25,30)/t14-/m1/s1. The average Bonchev–Trinajstić information content (AvgIpc) is 3.15. The normalized spacial score (nSPS) is 15.4. The lowest BCUT2D eigenvalue weighted by molar-refractivity contribution is 0.0954. The summed E-state index contributed by atoms with van der Waals surface area (Å²) in [6.07, 6.45) is 0.684. The Kier molecular flexibility index (Phi) is 6.51. The van der Waals surface area contributed by atoms with Crippen LogP contribution in [0.1, 0.15) is 5.56 Å². The van der Waals surface area contributed by atoms with E-state index in [1.54, 1.807) is 28.0 Å². The molecular weight excluding hydrogens is 445 g/mol. The van der Waals surface area contributed by atoms with Gasteiger partial charge in [-0.05, 0) is 29.8 Å². The summed E-state index contributed by atoms with van der Waals surface area (Å²) in [5.41, 5.74) is 1.28. The first kappa shape index (κ1) is 21.7. The summed E-state index contributed by atoms with van der Waals surface area (Å²) in [5.74, 6) is -0.279. The van der Waals surface area contributed by atoms with Gasteiger partial charge in [0.05, 0.1) is 22.9 Å². The van der Waals surface area contributed by atoms with Crippen molar-refractivity contribution in [1.82, 2.24) is 14.9 Å². The van der Waals surface area contributed by atoms with Gasteiger partial charge in [0.25, 0.3) is 0 Å². The minimum absolute atomic E-state index is 0.132. The van der Waals surface area contributed by atoms with Crippen molar-refractivity contribution in [2.45, 2.75) is 12.5 Å². The molecule has 164 valence electrons. The number of benzene rings is 1. The van der Waals surface area contributed by atoms with Crippen LogP contribution in [0.3, 0.4) is 0 Å². The molecule has 2 amide bonds. The first-order chi connectivity index (χ1) is 14.9. The number of hydrogen-bond donors (Lipinski definition) is 3. The Hall–Kier alpha value is -2.53. The Labute approximate surface area is 186 Å². The molecule has 1 aromatic carbocycles. The third-order valence-electron chi connectivity index (χ3n) is 4.99. The highest BCUT2D eigenvalue weighted by Crippen LogP contribution is 2.28. The van der Waals surface area contributed by atoms with Crippen LogP contribution in [0.15, 0.2) is 30.5 Å². The number of aliphatic hydroxyl groups is 2. The van der Waals surface area contributed by atoms with Gasteiger partial charge in [-0.2, -0.15) is 0 Å². The van der Waals surface area contributed by atoms with Crippen LogP contribution in [0.5, 0.6) is 0 Å². The molecule has 1 fully saturated rings. The van der Waals surface area contributed by atoms with Gasteiger partial charge in [0, 0.05) is 43.8 Å². The number of nitrogens with zero attached hydrogens (tertiary/aromatic N) is 4. The van der Waals surface area contributed by atoms with E-state index in [0.717, 1.165) is 10.2 Å². The number of nitrogens with one attached hydrogen (secondary N) is 1. The number of fused-ring (bicyclic) bond motifs is 1. The van der Waals surface area contributed by atoms with E-state index in [-0.39, 0.29) is 18.3 Å². The number of thiazole rings is 1. The predicted octanol–water partition coefficient (Wildman–Crippen LogP) is 2.73. The number of amides is 2. The van der Waals surface area contributed by atoms with Gasteiger partial charge < -0.3 is 20.0 Å². The maximum atomic E-state index is 14.5. The molecular formula is C20H21ClFN5O3S. The van der Waals surface area contributed by atoms with Gasteiger partial charge >= 0.3 is 6.03 Å². The molecule has 4 rings (SSSR count). The molecule has 3 N–H and O–H groups in total. The van der Waals surface area contributed by atoms with Crippen LogP contribution in [-0.4, -0.2) is 70.0 Å². The third-order valence-corrected chi connectivity index (χ3v) is 6.16. The van der Waals surface area contributed by atoms with Gasteiger partial charge in [-0.25, -0.2) is 19.2 Å². The SMILES string of the molecule is O=C(Nc1nc2ccc(Cl)cc2s1)N1CCN(c2ncc(C[C@@H](O)CO)cc2F)CC1. The summed E-state index contributed by atoms with van der Waals surface area (Å²) in [5, 5.41) is 22.3. The molecule has 1 saturated heterocycles. The highest BCUT2D eigenvalue weighted by molar-refractivity contribution is 7.22. The number of halogens is 2. The van der Waals surface area contributed by atoms with E-state index < -0.39 is 18.5 Å². The highest BCUT2D eigenvalue weighted by atomic mass is 35.5. The van der Waals surface area contributed by atoms with Gasteiger partial charge in [0.15, 0.2) is 16.8 Å². The number of anilines is 2.